The predicted octanol–water partition coefficient (Wildman–Crippen LogP) is 5.09. The molecule has 0 saturated heterocycles. The lowest BCUT2D eigenvalue weighted by atomic mass is 10.2. The van der Waals surface area contributed by atoms with Crippen molar-refractivity contribution in [2.45, 2.75) is 0 Å². The number of nitrogens with two attached hydrogens (primary N) is 1. The highest BCUT2D eigenvalue weighted by Gasteiger charge is 2.10. The van der Waals surface area contributed by atoms with Crippen LogP contribution in [0, 0.1) is 5.41 Å². The molecule has 0 radical (unpaired) electrons. The summed E-state index contributed by atoms with van der Waals surface area (Å²) in [6.45, 7) is 0. The first kappa shape index (κ1) is 15.1. The molecule has 0 fully saturated rings. The van der Waals surface area contributed by atoms with Crippen molar-refractivity contribution >= 4 is 40.1 Å². The van der Waals surface area contributed by atoms with Gasteiger partial charge < -0.3 is 10.5 Å². The zero-order valence-electron chi connectivity index (χ0n) is 11.7. The van der Waals surface area contributed by atoms with E-state index in [2.05, 4.69) is 12.1 Å². The Kier molecular flexibility index (Phi) is 4.20. The summed E-state index contributed by atoms with van der Waals surface area (Å²) in [5.41, 5.74) is 6.58. The number of methoxy groups -OCH3 is 1. The highest BCUT2D eigenvalue weighted by Crippen LogP contribution is 2.39. The monoisotopic (exact) mass is 348 g/mol. The van der Waals surface area contributed by atoms with E-state index in [1.807, 2.05) is 30.3 Å². The van der Waals surface area contributed by atoms with Gasteiger partial charge in [0.15, 0.2) is 0 Å². The maximum atomic E-state index is 7.48. The summed E-state index contributed by atoms with van der Waals surface area (Å²) in [4.78, 5) is 4.19. The molecule has 0 bridgehead atoms. The number of nitrogen functional groups attached to an aromatic ring is 1. The molecule has 0 unspecified atom stereocenters. The van der Waals surface area contributed by atoms with Crippen LogP contribution in [0.25, 0.3) is 20.2 Å². The first-order valence-corrected chi connectivity index (χ1v) is 8.48. The summed E-state index contributed by atoms with van der Waals surface area (Å²) in [7, 11) is 1.60. The van der Waals surface area contributed by atoms with Crippen molar-refractivity contribution in [1.82, 2.24) is 0 Å². The maximum Gasteiger partial charge on any atom is 0.137 e. The zero-order chi connectivity index (χ0) is 15.7. The minimum Gasteiger partial charge on any atom is -0.495 e. The van der Waals surface area contributed by atoms with Crippen molar-refractivity contribution in [3.63, 3.8) is 0 Å². The maximum absolute atomic E-state index is 7.48. The molecule has 0 amide bonds. The Balaban J connectivity index is 1.93. The fraction of sp³-hybridized carbons (Fsp3) is 0.0625. The zero-order valence-corrected chi connectivity index (χ0v) is 14.1. The average Bonchev–Trinajstić information content (AvgIpc) is 3.16. The highest BCUT2D eigenvalue weighted by molar-refractivity contribution is 7.24. The average molecular weight is 349 g/mol. The molecular formula is C16H13ClN2OS2. The van der Waals surface area contributed by atoms with Crippen molar-refractivity contribution in [2.75, 3.05) is 7.11 Å². The molecule has 3 nitrogen and oxygen atoms in total. The molecule has 2 aromatic heterocycles. The quantitative estimate of drug-likeness (QED) is 0.509. The van der Waals surface area contributed by atoms with Gasteiger partial charge in [0.25, 0.3) is 0 Å². The van der Waals surface area contributed by atoms with Crippen LogP contribution in [0.4, 0.5) is 0 Å². The van der Waals surface area contributed by atoms with Gasteiger partial charge in [-0.3, -0.25) is 5.41 Å². The van der Waals surface area contributed by atoms with Crippen molar-refractivity contribution in [3.05, 3.63) is 52.4 Å². The molecular weight excluding hydrogens is 336 g/mol. The second-order valence-corrected chi connectivity index (χ2v) is 7.17. The number of rotatable bonds is 4. The summed E-state index contributed by atoms with van der Waals surface area (Å²) in [6, 6.07) is 13.8. The Morgan fingerprint density at radius 1 is 1.05 bits per heavy atom. The van der Waals surface area contributed by atoms with Crippen LogP contribution < -0.4 is 10.5 Å². The largest absolute Gasteiger partial charge is 0.495 e. The van der Waals surface area contributed by atoms with Crippen LogP contribution in [0.15, 0.2) is 42.5 Å². The number of benzene rings is 1. The van der Waals surface area contributed by atoms with Crippen molar-refractivity contribution in [3.8, 4) is 25.9 Å². The minimum absolute atomic E-state index is 0.106. The van der Waals surface area contributed by atoms with Crippen molar-refractivity contribution in [1.29, 1.82) is 5.41 Å². The molecule has 0 spiro atoms. The minimum atomic E-state index is 0.106. The van der Waals surface area contributed by atoms with E-state index < -0.39 is 0 Å². The number of amidine groups is 1. The topological polar surface area (TPSA) is 59.1 Å². The summed E-state index contributed by atoms with van der Waals surface area (Å²) in [5.74, 6) is 0.779. The van der Waals surface area contributed by atoms with E-state index in [9.17, 15) is 0 Å². The molecule has 2 heterocycles. The van der Waals surface area contributed by atoms with Gasteiger partial charge >= 0.3 is 0 Å². The van der Waals surface area contributed by atoms with Gasteiger partial charge in [-0.05, 0) is 48.0 Å². The third kappa shape index (κ3) is 2.88. The van der Waals surface area contributed by atoms with Crippen molar-refractivity contribution in [2.24, 2.45) is 5.73 Å². The lowest BCUT2D eigenvalue weighted by Gasteiger charge is -2.04. The molecule has 3 aromatic rings. The van der Waals surface area contributed by atoms with Crippen LogP contribution in [-0.4, -0.2) is 12.9 Å². The Bertz CT molecular complexity index is 838. The van der Waals surface area contributed by atoms with Crippen LogP contribution in [0.2, 0.25) is 5.02 Å². The molecule has 22 heavy (non-hydrogen) atoms. The number of halogens is 1. The first-order chi connectivity index (χ1) is 10.6. The van der Waals surface area contributed by atoms with E-state index in [0.29, 0.717) is 10.8 Å². The van der Waals surface area contributed by atoms with Gasteiger partial charge in [-0.25, -0.2) is 0 Å². The van der Waals surface area contributed by atoms with Crippen molar-refractivity contribution < 1.29 is 4.74 Å². The van der Waals surface area contributed by atoms with Crippen LogP contribution in [0.1, 0.15) is 4.88 Å². The fourth-order valence-corrected chi connectivity index (χ4v) is 4.28. The third-order valence-electron chi connectivity index (χ3n) is 3.16. The van der Waals surface area contributed by atoms with E-state index in [1.165, 1.54) is 11.3 Å². The van der Waals surface area contributed by atoms with Crippen LogP contribution in [-0.2, 0) is 0 Å². The lowest BCUT2D eigenvalue weighted by molar-refractivity contribution is 0.415. The van der Waals surface area contributed by atoms with E-state index >= 15 is 0 Å². The molecule has 3 rings (SSSR count). The van der Waals surface area contributed by atoms with Gasteiger partial charge in [-0.15, -0.1) is 22.7 Å². The highest BCUT2D eigenvalue weighted by atomic mass is 35.5. The number of ether oxygens (including phenoxy) is 1. The molecule has 1 aromatic carbocycles. The van der Waals surface area contributed by atoms with E-state index in [1.54, 1.807) is 18.4 Å². The lowest BCUT2D eigenvalue weighted by Crippen LogP contribution is -2.08. The molecule has 0 aliphatic rings. The normalized spacial score (nSPS) is 10.6. The Morgan fingerprint density at radius 2 is 1.73 bits per heavy atom. The summed E-state index contributed by atoms with van der Waals surface area (Å²) in [5, 5.41) is 8.08. The second-order valence-electron chi connectivity index (χ2n) is 4.59. The van der Waals surface area contributed by atoms with Gasteiger partial charge in [0.1, 0.15) is 11.6 Å². The Labute approximate surface area is 141 Å². The molecule has 0 aliphatic carbocycles. The number of hydrogen-bond acceptors (Lipinski definition) is 4. The van der Waals surface area contributed by atoms with Crippen LogP contribution >= 0.6 is 34.3 Å². The standard InChI is InChI=1S/C16H13ClN2OS2/c1-20-11-3-2-9(8-10(11)17)12-4-5-13(21-12)14-6-7-15(22-14)16(18)19/h2-8H,1H3,(H3,18,19). The van der Waals surface area contributed by atoms with Crippen LogP contribution in [0.5, 0.6) is 5.75 Å². The Hall–Kier alpha value is -1.82. The molecule has 0 saturated carbocycles. The van der Waals surface area contributed by atoms with Gasteiger partial charge in [-0.1, -0.05) is 11.6 Å². The first-order valence-electron chi connectivity index (χ1n) is 6.47. The van der Waals surface area contributed by atoms with E-state index in [4.69, 9.17) is 27.5 Å². The molecule has 0 aliphatic heterocycles. The van der Waals surface area contributed by atoms with Gasteiger partial charge in [0.05, 0.1) is 17.0 Å². The summed E-state index contributed by atoms with van der Waals surface area (Å²) in [6.07, 6.45) is 0. The predicted molar refractivity (Wildman–Crippen MR) is 95.6 cm³/mol. The third-order valence-corrected chi connectivity index (χ3v) is 5.90. The Morgan fingerprint density at radius 3 is 2.36 bits per heavy atom. The van der Waals surface area contributed by atoms with Crippen LogP contribution in [0.3, 0.4) is 0 Å². The summed E-state index contributed by atoms with van der Waals surface area (Å²) < 4.78 is 5.18. The second kappa shape index (κ2) is 6.12. The molecule has 112 valence electrons. The van der Waals surface area contributed by atoms with Gasteiger partial charge in [-0.2, -0.15) is 0 Å². The molecule has 6 heteroatoms. The number of hydrogen-bond donors (Lipinski definition) is 2. The SMILES string of the molecule is COc1ccc(-c2ccc(-c3ccc(C(=N)N)s3)s2)cc1Cl. The number of nitrogens with one attached hydrogen (secondary N) is 1. The fourth-order valence-electron chi connectivity index (χ4n) is 2.06. The molecule has 3 N–H and O–H groups in total. The number of thiophene rings is 2. The van der Waals surface area contributed by atoms with E-state index in [-0.39, 0.29) is 5.84 Å². The van der Waals surface area contributed by atoms with Gasteiger partial charge in [0.2, 0.25) is 0 Å². The van der Waals surface area contributed by atoms with E-state index in [0.717, 1.165) is 25.1 Å². The van der Waals surface area contributed by atoms with Gasteiger partial charge in [0, 0.05) is 14.6 Å². The molecule has 0 atom stereocenters. The summed E-state index contributed by atoms with van der Waals surface area (Å²) >= 11 is 9.40. The smallest absolute Gasteiger partial charge is 0.137 e.